The van der Waals surface area contributed by atoms with Gasteiger partial charge in [0.15, 0.2) is 0 Å². The molecule has 0 fully saturated rings. The second kappa shape index (κ2) is 4.45. The van der Waals surface area contributed by atoms with E-state index in [1.807, 2.05) is 0 Å². The normalized spacial score (nSPS) is 26.8. The zero-order chi connectivity index (χ0) is 8.27. The molecule has 0 aromatic carbocycles. The van der Waals surface area contributed by atoms with E-state index >= 15 is 0 Å². The number of hydrogen-bond donors (Lipinski definition) is 0. The van der Waals surface area contributed by atoms with E-state index in [1.54, 1.807) is 0 Å². The topological polar surface area (TPSA) is 3.24 Å². The molecule has 0 N–H and O–H groups in total. The number of nitrogens with zero attached hydrogens (tertiary/aromatic N) is 1. The fraction of sp³-hybridized carbons (Fsp3) is 0.778. The smallest absolute Gasteiger partial charge is 0.0190 e. The number of halogens is 1. The Labute approximate surface area is 83.0 Å². The lowest BCUT2D eigenvalue weighted by atomic mass is 10.0. The lowest BCUT2D eigenvalue weighted by Gasteiger charge is -2.28. The van der Waals surface area contributed by atoms with E-state index in [4.69, 9.17) is 0 Å². The third kappa shape index (κ3) is 3.11. The molecular formula is C9H16IN. The lowest BCUT2D eigenvalue weighted by Crippen LogP contribution is -2.34. The van der Waals surface area contributed by atoms with Crippen LogP contribution in [0.2, 0.25) is 0 Å². The third-order valence-electron chi connectivity index (χ3n) is 1.99. The van der Waals surface area contributed by atoms with Crippen molar-refractivity contribution in [1.82, 2.24) is 4.90 Å². The maximum atomic E-state index is 2.53. The van der Waals surface area contributed by atoms with Crippen LogP contribution in [-0.2, 0) is 0 Å². The Balaban J connectivity index is 2.43. The molecule has 0 bridgehead atoms. The zero-order valence-corrected chi connectivity index (χ0v) is 9.47. The molecule has 0 saturated carbocycles. The van der Waals surface area contributed by atoms with Crippen LogP contribution in [0.15, 0.2) is 11.6 Å². The Hall–Kier alpha value is 0.430. The first-order valence-electron chi connectivity index (χ1n) is 4.18. The van der Waals surface area contributed by atoms with Gasteiger partial charge in [0.05, 0.1) is 0 Å². The molecule has 2 heteroatoms. The molecule has 1 unspecified atom stereocenters. The predicted octanol–water partition coefficient (Wildman–Crippen LogP) is 2.32. The average molecular weight is 265 g/mol. The van der Waals surface area contributed by atoms with Crippen LogP contribution in [0.4, 0.5) is 0 Å². The predicted molar refractivity (Wildman–Crippen MR) is 58.2 cm³/mol. The van der Waals surface area contributed by atoms with E-state index in [2.05, 4.69) is 47.4 Å². The minimum Gasteiger partial charge on any atom is -0.298 e. The first kappa shape index (κ1) is 9.52. The highest BCUT2D eigenvalue weighted by Crippen LogP contribution is 2.13. The van der Waals surface area contributed by atoms with Gasteiger partial charge in [0, 0.05) is 24.1 Å². The molecule has 0 amide bonds. The summed E-state index contributed by atoms with van der Waals surface area (Å²) in [6.07, 6.45) is 2.39. The molecule has 1 atom stereocenters. The Morgan fingerprint density at radius 1 is 1.73 bits per heavy atom. The summed E-state index contributed by atoms with van der Waals surface area (Å²) in [6.45, 7) is 8.21. The summed E-state index contributed by atoms with van der Waals surface area (Å²) in [5.74, 6) is 0.756. The minimum atomic E-state index is 0.756. The van der Waals surface area contributed by atoms with Crippen molar-refractivity contribution in [1.29, 1.82) is 0 Å². The van der Waals surface area contributed by atoms with Crippen LogP contribution in [0.3, 0.4) is 0 Å². The number of alkyl halides is 1. The van der Waals surface area contributed by atoms with Gasteiger partial charge >= 0.3 is 0 Å². The highest BCUT2D eigenvalue weighted by molar-refractivity contribution is 14.1. The van der Waals surface area contributed by atoms with Crippen LogP contribution in [0.25, 0.3) is 0 Å². The monoisotopic (exact) mass is 265 g/mol. The minimum absolute atomic E-state index is 0.756. The van der Waals surface area contributed by atoms with E-state index in [0.29, 0.717) is 0 Å². The van der Waals surface area contributed by atoms with Crippen LogP contribution >= 0.6 is 22.6 Å². The van der Waals surface area contributed by atoms with Crippen LogP contribution in [0.5, 0.6) is 0 Å². The second-order valence-electron chi connectivity index (χ2n) is 3.41. The van der Waals surface area contributed by atoms with Crippen molar-refractivity contribution < 1.29 is 0 Å². The summed E-state index contributed by atoms with van der Waals surface area (Å²) in [6, 6.07) is 0. The van der Waals surface area contributed by atoms with Gasteiger partial charge in [-0.3, -0.25) is 4.90 Å². The zero-order valence-electron chi connectivity index (χ0n) is 7.31. The summed E-state index contributed by atoms with van der Waals surface area (Å²) in [7, 11) is 0. The van der Waals surface area contributed by atoms with Crippen LogP contribution < -0.4 is 0 Å². The highest BCUT2D eigenvalue weighted by Gasteiger charge is 2.13. The van der Waals surface area contributed by atoms with E-state index < -0.39 is 0 Å². The van der Waals surface area contributed by atoms with Gasteiger partial charge < -0.3 is 0 Å². The van der Waals surface area contributed by atoms with Crippen molar-refractivity contribution in [3.05, 3.63) is 11.6 Å². The van der Waals surface area contributed by atoms with Gasteiger partial charge in [0.2, 0.25) is 0 Å². The Morgan fingerprint density at radius 2 is 2.45 bits per heavy atom. The molecule has 64 valence electrons. The molecule has 1 nitrogen and oxygen atoms in total. The molecule has 0 saturated heterocycles. The first-order chi connectivity index (χ1) is 5.22. The molecule has 1 aliphatic heterocycles. The van der Waals surface area contributed by atoms with Crippen molar-refractivity contribution in [2.24, 2.45) is 5.92 Å². The van der Waals surface area contributed by atoms with Crippen molar-refractivity contribution in [3.8, 4) is 0 Å². The van der Waals surface area contributed by atoms with Gasteiger partial charge in [-0.25, -0.2) is 0 Å². The third-order valence-corrected chi connectivity index (χ3v) is 2.47. The quantitative estimate of drug-likeness (QED) is 0.421. The highest BCUT2D eigenvalue weighted by atomic mass is 127. The fourth-order valence-corrected chi connectivity index (χ4v) is 2.39. The van der Waals surface area contributed by atoms with Crippen molar-refractivity contribution in [2.45, 2.75) is 13.8 Å². The maximum Gasteiger partial charge on any atom is 0.0190 e. The summed E-state index contributed by atoms with van der Waals surface area (Å²) >= 11 is 2.44. The summed E-state index contributed by atoms with van der Waals surface area (Å²) < 4.78 is 1.25. The molecular weight excluding hydrogens is 249 g/mol. The molecule has 0 aromatic rings. The molecule has 1 heterocycles. The number of hydrogen-bond acceptors (Lipinski definition) is 1. The summed E-state index contributed by atoms with van der Waals surface area (Å²) in [5, 5.41) is 0. The van der Waals surface area contributed by atoms with Crippen LogP contribution in [-0.4, -0.2) is 29.0 Å². The van der Waals surface area contributed by atoms with E-state index in [-0.39, 0.29) is 0 Å². The van der Waals surface area contributed by atoms with Crippen molar-refractivity contribution in [2.75, 3.05) is 24.1 Å². The van der Waals surface area contributed by atoms with Crippen molar-refractivity contribution in [3.63, 3.8) is 0 Å². The van der Waals surface area contributed by atoms with E-state index in [1.165, 1.54) is 29.6 Å². The van der Waals surface area contributed by atoms with Crippen molar-refractivity contribution >= 4 is 22.6 Å². The standard InChI is InChI=1S/C9H16IN/c1-8-5-9(2)7-11(6-8)4-3-10/h5,8H,3-4,6-7H2,1-2H3. The first-order valence-corrected chi connectivity index (χ1v) is 5.70. The van der Waals surface area contributed by atoms with Crippen LogP contribution in [0, 0.1) is 5.92 Å². The summed E-state index contributed by atoms with van der Waals surface area (Å²) in [5.41, 5.74) is 1.54. The molecule has 1 aliphatic rings. The Morgan fingerprint density at radius 3 is 3.00 bits per heavy atom. The Kier molecular flexibility index (Phi) is 3.85. The van der Waals surface area contributed by atoms with E-state index in [9.17, 15) is 0 Å². The molecule has 0 aliphatic carbocycles. The van der Waals surface area contributed by atoms with E-state index in [0.717, 1.165) is 5.92 Å². The molecule has 11 heavy (non-hydrogen) atoms. The van der Waals surface area contributed by atoms with Gasteiger partial charge in [0.25, 0.3) is 0 Å². The van der Waals surface area contributed by atoms with Gasteiger partial charge in [0.1, 0.15) is 0 Å². The van der Waals surface area contributed by atoms with Gasteiger partial charge in [-0.15, -0.1) is 0 Å². The van der Waals surface area contributed by atoms with Gasteiger partial charge in [-0.05, 0) is 12.8 Å². The maximum absolute atomic E-state index is 2.53. The van der Waals surface area contributed by atoms with Crippen LogP contribution in [0.1, 0.15) is 13.8 Å². The van der Waals surface area contributed by atoms with Gasteiger partial charge in [-0.1, -0.05) is 41.2 Å². The number of rotatable bonds is 2. The Bertz CT molecular complexity index is 154. The SMILES string of the molecule is CC1=CC(C)CN(CCI)C1. The molecule has 0 spiro atoms. The molecule has 0 aromatic heterocycles. The molecule has 0 radical (unpaired) electrons. The largest absolute Gasteiger partial charge is 0.298 e. The summed E-state index contributed by atoms with van der Waals surface area (Å²) in [4.78, 5) is 2.53. The van der Waals surface area contributed by atoms with Gasteiger partial charge in [-0.2, -0.15) is 0 Å². The second-order valence-corrected chi connectivity index (χ2v) is 4.49. The lowest BCUT2D eigenvalue weighted by molar-refractivity contribution is 0.275. The fourth-order valence-electron chi connectivity index (χ4n) is 1.71. The molecule has 1 rings (SSSR count). The average Bonchev–Trinajstić information content (AvgIpc) is 1.85.